The number of likely N-dealkylation sites (tertiary alicyclic amines) is 1. The first kappa shape index (κ1) is 24.6. The average Bonchev–Trinajstić information content (AvgIpc) is 3.69. The average molecular weight is 506 g/mol. The Hall–Kier alpha value is -4.12. The Bertz CT molecular complexity index is 1340. The lowest BCUT2D eigenvalue weighted by atomic mass is 10.0. The molecule has 4 aromatic rings. The van der Waals surface area contributed by atoms with Gasteiger partial charge in [0.2, 0.25) is 5.95 Å². The zero-order valence-corrected chi connectivity index (χ0v) is 20.7. The van der Waals surface area contributed by atoms with Crippen molar-refractivity contribution in [3.05, 3.63) is 66.1 Å². The number of nitrogens with one attached hydrogen (secondary N) is 1. The molecule has 0 saturated carbocycles. The highest BCUT2D eigenvalue weighted by atomic mass is 19.1. The van der Waals surface area contributed by atoms with Crippen molar-refractivity contribution < 1.29 is 18.2 Å². The molecule has 1 N–H and O–H groups in total. The first-order chi connectivity index (χ1) is 18.1. The Morgan fingerprint density at radius 3 is 2.76 bits per heavy atom. The topological polar surface area (TPSA) is 113 Å². The van der Waals surface area contributed by atoms with Crippen LogP contribution in [0.3, 0.4) is 0 Å². The number of carbonyl (C=O) groups excluding carboxylic acids is 1. The molecule has 3 aromatic heterocycles. The van der Waals surface area contributed by atoms with Gasteiger partial charge >= 0.3 is 0 Å². The van der Waals surface area contributed by atoms with Crippen molar-refractivity contribution in [2.45, 2.75) is 32.9 Å². The molecule has 0 radical (unpaired) electrons. The molecule has 1 amide bonds. The summed E-state index contributed by atoms with van der Waals surface area (Å²) in [6, 6.07) is 7.96. The lowest BCUT2D eigenvalue weighted by molar-refractivity contribution is 0.0791. The third kappa shape index (κ3) is 5.36. The largest absolute Gasteiger partial charge is 0.364 e. The minimum Gasteiger partial charge on any atom is -0.364 e. The van der Waals surface area contributed by atoms with Gasteiger partial charge in [0.15, 0.2) is 5.76 Å². The number of nitrogens with zero attached hydrogens (tertiary/aromatic N) is 6. The van der Waals surface area contributed by atoms with Crippen molar-refractivity contribution in [1.82, 2.24) is 30.1 Å². The van der Waals surface area contributed by atoms with Gasteiger partial charge in [0, 0.05) is 30.9 Å². The van der Waals surface area contributed by atoms with Gasteiger partial charge in [-0.1, -0.05) is 24.2 Å². The standard InChI is InChI=1S/C26H28FN7O3/c1-3-33(4-2)15-22-23(24(32-37-22)17-5-7-19(27)8-6-17)21-9-11-28-26(31-21)30-20-10-12-34(14-20)25(35)18-13-29-36-16-18/h5-9,11,13,16,20H,3-4,10,12,14-15H2,1-2H3,(H,28,30,31)/t20-/m1/s1. The Balaban J connectivity index is 1.40. The first-order valence-electron chi connectivity index (χ1n) is 12.3. The molecule has 192 valence electrons. The fourth-order valence-corrected chi connectivity index (χ4v) is 4.46. The van der Waals surface area contributed by atoms with Crippen molar-refractivity contribution >= 4 is 11.9 Å². The zero-order valence-electron chi connectivity index (χ0n) is 20.7. The van der Waals surface area contributed by atoms with Crippen molar-refractivity contribution in [2.24, 2.45) is 0 Å². The van der Waals surface area contributed by atoms with Crippen LogP contribution in [0, 0.1) is 5.82 Å². The lowest BCUT2D eigenvalue weighted by Gasteiger charge is -2.17. The van der Waals surface area contributed by atoms with Gasteiger partial charge in [-0.3, -0.25) is 9.69 Å². The number of hydrogen-bond acceptors (Lipinski definition) is 9. The minimum atomic E-state index is -0.321. The van der Waals surface area contributed by atoms with Gasteiger partial charge < -0.3 is 19.3 Å². The number of halogens is 1. The number of amides is 1. The monoisotopic (exact) mass is 505 g/mol. The number of rotatable bonds is 9. The van der Waals surface area contributed by atoms with Gasteiger partial charge in [-0.15, -0.1) is 0 Å². The van der Waals surface area contributed by atoms with Crippen LogP contribution in [0.5, 0.6) is 0 Å². The molecule has 1 saturated heterocycles. The van der Waals surface area contributed by atoms with Crippen LogP contribution >= 0.6 is 0 Å². The van der Waals surface area contributed by atoms with E-state index in [-0.39, 0.29) is 17.8 Å². The van der Waals surface area contributed by atoms with E-state index in [9.17, 15) is 9.18 Å². The van der Waals surface area contributed by atoms with E-state index in [0.29, 0.717) is 48.3 Å². The summed E-state index contributed by atoms with van der Waals surface area (Å²) in [6.45, 7) is 7.56. The second kappa shape index (κ2) is 10.9. The quantitative estimate of drug-likeness (QED) is 0.359. The summed E-state index contributed by atoms with van der Waals surface area (Å²) in [6.07, 6.45) is 5.21. The van der Waals surface area contributed by atoms with Gasteiger partial charge in [-0.05, 0) is 49.8 Å². The van der Waals surface area contributed by atoms with E-state index in [4.69, 9.17) is 14.0 Å². The van der Waals surface area contributed by atoms with Crippen LogP contribution in [0.25, 0.3) is 22.5 Å². The van der Waals surface area contributed by atoms with Crippen LogP contribution in [-0.2, 0) is 6.54 Å². The SMILES string of the molecule is CCN(CC)Cc1onc(-c2ccc(F)cc2)c1-c1ccnc(N[C@@H]2CCN(C(=O)c3cnoc3)C2)n1. The highest BCUT2D eigenvalue weighted by Gasteiger charge is 2.29. The maximum Gasteiger partial charge on any atom is 0.258 e. The van der Waals surface area contributed by atoms with Crippen LogP contribution in [0.15, 0.2) is 58.0 Å². The van der Waals surface area contributed by atoms with E-state index in [1.807, 2.05) is 6.07 Å². The van der Waals surface area contributed by atoms with E-state index < -0.39 is 0 Å². The van der Waals surface area contributed by atoms with Gasteiger partial charge in [0.1, 0.15) is 17.8 Å². The summed E-state index contributed by atoms with van der Waals surface area (Å²) < 4.78 is 24.2. The summed E-state index contributed by atoms with van der Waals surface area (Å²) in [4.78, 5) is 25.8. The minimum absolute atomic E-state index is 0.00625. The zero-order chi connectivity index (χ0) is 25.8. The molecule has 5 rings (SSSR count). The van der Waals surface area contributed by atoms with Crippen molar-refractivity contribution in [3.63, 3.8) is 0 Å². The Labute approximate surface area is 213 Å². The molecule has 0 bridgehead atoms. The maximum atomic E-state index is 13.6. The van der Waals surface area contributed by atoms with Crippen LogP contribution in [0.2, 0.25) is 0 Å². The van der Waals surface area contributed by atoms with E-state index in [0.717, 1.165) is 30.6 Å². The number of aromatic nitrogens is 4. The molecule has 1 aliphatic rings. The smallest absolute Gasteiger partial charge is 0.258 e. The molecule has 0 unspecified atom stereocenters. The van der Waals surface area contributed by atoms with E-state index in [1.165, 1.54) is 24.6 Å². The normalized spacial score (nSPS) is 15.5. The first-order valence-corrected chi connectivity index (χ1v) is 12.3. The number of carbonyl (C=O) groups is 1. The number of hydrogen-bond donors (Lipinski definition) is 1. The van der Waals surface area contributed by atoms with Gasteiger partial charge in [0.05, 0.1) is 29.6 Å². The fraction of sp³-hybridized carbons (Fsp3) is 0.346. The summed E-state index contributed by atoms with van der Waals surface area (Å²) in [5.74, 6) is 0.689. The molecular formula is C26H28FN7O3. The molecule has 0 aliphatic carbocycles. The Kier molecular flexibility index (Phi) is 7.22. The predicted molar refractivity (Wildman–Crippen MR) is 134 cm³/mol. The molecule has 10 nitrogen and oxygen atoms in total. The summed E-state index contributed by atoms with van der Waals surface area (Å²) in [7, 11) is 0. The maximum absolute atomic E-state index is 13.6. The van der Waals surface area contributed by atoms with Crippen molar-refractivity contribution in [2.75, 3.05) is 31.5 Å². The van der Waals surface area contributed by atoms with Crippen LogP contribution in [-0.4, -0.2) is 68.2 Å². The Morgan fingerprint density at radius 2 is 2.03 bits per heavy atom. The number of anilines is 1. The van der Waals surface area contributed by atoms with Crippen molar-refractivity contribution in [3.8, 4) is 22.5 Å². The molecule has 1 aromatic carbocycles. The molecular weight excluding hydrogens is 477 g/mol. The van der Waals surface area contributed by atoms with E-state index in [2.05, 4.69) is 39.4 Å². The second-order valence-electron chi connectivity index (χ2n) is 8.86. The molecule has 1 atom stereocenters. The highest BCUT2D eigenvalue weighted by molar-refractivity contribution is 5.93. The third-order valence-corrected chi connectivity index (χ3v) is 6.54. The van der Waals surface area contributed by atoms with Gasteiger partial charge in [0.25, 0.3) is 5.91 Å². The predicted octanol–water partition coefficient (Wildman–Crippen LogP) is 4.09. The van der Waals surface area contributed by atoms with Crippen molar-refractivity contribution in [1.29, 1.82) is 0 Å². The number of benzene rings is 1. The van der Waals surface area contributed by atoms with Gasteiger partial charge in [-0.25, -0.2) is 14.4 Å². The summed E-state index contributed by atoms with van der Waals surface area (Å²) in [5.41, 5.74) is 3.16. The highest BCUT2D eigenvalue weighted by Crippen LogP contribution is 2.35. The van der Waals surface area contributed by atoms with Gasteiger partial charge in [-0.2, -0.15) is 0 Å². The Morgan fingerprint density at radius 1 is 1.22 bits per heavy atom. The van der Waals surface area contributed by atoms with Crippen LogP contribution in [0.4, 0.5) is 10.3 Å². The van der Waals surface area contributed by atoms with Crippen LogP contribution in [0.1, 0.15) is 36.4 Å². The third-order valence-electron chi connectivity index (χ3n) is 6.54. The second-order valence-corrected chi connectivity index (χ2v) is 8.86. The lowest BCUT2D eigenvalue weighted by Crippen LogP contribution is -2.31. The van der Waals surface area contributed by atoms with Crippen LogP contribution < -0.4 is 5.32 Å². The molecule has 0 spiro atoms. The fourth-order valence-electron chi connectivity index (χ4n) is 4.46. The molecule has 37 heavy (non-hydrogen) atoms. The summed E-state index contributed by atoms with van der Waals surface area (Å²) >= 11 is 0. The van der Waals surface area contributed by atoms with E-state index in [1.54, 1.807) is 23.2 Å². The molecule has 1 fully saturated rings. The summed E-state index contributed by atoms with van der Waals surface area (Å²) in [5, 5.41) is 11.3. The molecule has 4 heterocycles. The molecule has 1 aliphatic heterocycles. The van der Waals surface area contributed by atoms with E-state index >= 15 is 0 Å². The molecule has 11 heteroatoms.